The van der Waals surface area contributed by atoms with E-state index in [0.717, 1.165) is 0 Å². The highest BCUT2D eigenvalue weighted by molar-refractivity contribution is 7.92. The second-order valence-electron chi connectivity index (χ2n) is 6.90. The van der Waals surface area contributed by atoms with E-state index in [9.17, 15) is 21.6 Å². The van der Waals surface area contributed by atoms with Gasteiger partial charge in [0.15, 0.2) is 25.5 Å². The Labute approximate surface area is 191 Å². The predicted octanol–water partition coefficient (Wildman–Crippen LogP) is 4.74. The molecule has 0 N–H and O–H groups in total. The van der Waals surface area contributed by atoms with E-state index in [1.165, 1.54) is 60.7 Å². The van der Waals surface area contributed by atoms with Crippen molar-refractivity contribution in [2.75, 3.05) is 11.5 Å². The first-order valence-corrected chi connectivity index (χ1v) is 13.2. The monoisotopic (exact) mass is 496 g/mol. The summed E-state index contributed by atoms with van der Waals surface area (Å²) in [7, 11) is -7.91. The highest BCUT2D eigenvalue weighted by Gasteiger charge is 2.32. The van der Waals surface area contributed by atoms with Crippen LogP contribution >= 0.6 is 23.2 Å². The summed E-state index contributed by atoms with van der Waals surface area (Å²) in [5.41, 5.74) is 0.241. The van der Waals surface area contributed by atoms with Crippen LogP contribution in [0, 0.1) is 5.92 Å². The first kappa shape index (κ1) is 23.5. The van der Waals surface area contributed by atoms with Crippen LogP contribution in [0.5, 0.6) is 0 Å². The number of Topliss-reactive ketones (excluding diaryl/α,β-unsaturated/α-hetero) is 1. The molecule has 31 heavy (non-hydrogen) atoms. The van der Waals surface area contributed by atoms with Crippen LogP contribution in [0.2, 0.25) is 10.0 Å². The van der Waals surface area contributed by atoms with E-state index in [4.69, 9.17) is 23.2 Å². The predicted molar refractivity (Wildman–Crippen MR) is 121 cm³/mol. The molecule has 0 aliphatic heterocycles. The first-order valence-electron chi connectivity index (χ1n) is 9.14. The maximum absolute atomic E-state index is 13.1. The van der Waals surface area contributed by atoms with E-state index in [-0.39, 0.29) is 15.4 Å². The fourth-order valence-corrected chi connectivity index (χ4v) is 6.53. The molecule has 0 fully saturated rings. The number of carbonyl (C=O) groups is 1. The molecule has 0 aliphatic carbocycles. The number of rotatable bonds is 8. The fraction of sp³-hybridized carbons (Fsp3) is 0.136. The Bertz CT molecular complexity index is 1190. The lowest BCUT2D eigenvalue weighted by molar-refractivity contribution is 0.0942. The van der Waals surface area contributed by atoms with Gasteiger partial charge in [-0.15, -0.1) is 0 Å². The van der Waals surface area contributed by atoms with Crippen molar-refractivity contribution in [1.82, 2.24) is 0 Å². The minimum Gasteiger partial charge on any atom is -0.294 e. The Balaban J connectivity index is 1.97. The minimum absolute atomic E-state index is 0.0355. The van der Waals surface area contributed by atoms with Crippen molar-refractivity contribution in [2.24, 2.45) is 5.92 Å². The molecule has 0 radical (unpaired) electrons. The molecule has 0 saturated carbocycles. The molecule has 9 heteroatoms. The van der Waals surface area contributed by atoms with Crippen LogP contribution < -0.4 is 0 Å². The molecule has 0 atom stereocenters. The van der Waals surface area contributed by atoms with Crippen molar-refractivity contribution in [2.45, 2.75) is 9.79 Å². The van der Waals surface area contributed by atoms with Crippen LogP contribution in [0.25, 0.3) is 0 Å². The SMILES string of the molecule is O=C(c1ccccc1)C(CS(=O)(=O)c1ccc(Cl)cc1)CS(=O)(=O)c1ccc(Cl)cc1. The Kier molecular flexibility index (Phi) is 7.21. The zero-order valence-corrected chi connectivity index (χ0v) is 19.3. The van der Waals surface area contributed by atoms with Crippen LogP contribution in [0.1, 0.15) is 10.4 Å². The zero-order chi connectivity index (χ0) is 22.6. The van der Waals surface area contributed by atoms with Gasteiger partial charge in [-0.05, 0) is 48.5 Å². The standard InChI is InChI=1S/C22H18Cl2O5S2/c23-18-6-10-20(11-7-18)30(26,27)14-17(22(25)16-4-2-1-3-5-16)15-31(28,29)21-12-8-19(24)9-13-21/h1-13,17H,14-15H2. The second-order valence-corrected chi connectivity index (χ2v) is 11.8. The zero-order valence-electron chi connectivity index (χ0n) is 16.1. The van der Waals surface area contributed by atoms with Gasteiger partial charge >= 0.3 is 0 Å². The highest BCUT2D eigenvalue weighted by atomic mass is 35.5. The molecule has 3 rings (SSSR count). The summed E-state index contributed by atoms with van der Waals surface area (Å²) in [4.78, 5) is 13.0. The van der Waals surface area contributed by atoms with Crippen molar-refractivity contribution < 1.29 is 21.6 Å². The molecule has 0 aromatic heterocycles. The Morgan fingerprint density at radius 3 is 1.42 bits per heavy atom. The number of benzene rings is 3. The van der Waals surface area contributed by atoms with Crippen molar-refractivity contribution in [1.29, 1.82) is 0 Å². The van der Waals surface area contributed by atoms with Gasteiger partial charge in [0.25, 0.3) is 0 Å². The molecule has 0 amide bonds. The van der Waals surface area contributed by atoms with E-state index in [0.29, 0.717) is 10.0 Å². The Hall–Kier alpha value is -2.19. The molecule has 0 unspecified atom stereocenters. The third kappa shape index (κ3) is 5.95. The van der Waals surface area contributed by atoms with E-state index in [1.807, 2.05) is 0 Å². The van der Waals surface area contributed by atoms with Gasteiger partial charge in [-0.25, -0.2) is 16.8 Å². The molecular formula is C22H18Cl2O5S2. The lowest BCUT2D eigenvalue weighted by Gasteiger charge is -2.17. The van der Waals surface area contributed by atoms with Crippen LogP contribution in [0.3, 0.4) is 0 Å². The fourth-order valence-electron chi connectivity index (χ4n) is 3.04. The lowest BCUT2D eigenvalue weighted by atomic mass is 10.0. The summed E-state index contributed by atoms with van der Waals surface area (Å²) in [6, 6.07) is 19.0. The molecule has 3 aromatic rings. The number of ketones is 1. The van der Waals surface area contributed by atoms with Crippen LogP contribution in [-0.2, 0) is 19.7 Å². The van der Waals surface area contributed by atoms with E-state index < -0.39 is 42.9 Å². The maximum Gasteiger partial charge on any atom is 0.179 e. The normalized spacial score (nSPS) is 12.1. The summed E-state index contributed by atoms with van der Waals surface area (Å²) in [5.74, 6) is -3.18. The molecule has 0 spiro atoms. The van der Waals surface area contributed by atoms with Gasteiger partial charge in [-0.3, -0.25) is 4.79 Å². The van der Waals surface area contributed by atoms with Crippen molar-refractivity contribution in [3.05, 3.63) is 94.5 Å². The van der Waals surface area contributed by atoms with E-state index in [1.54, 1.807) is 18.2 Å². The topological polar surface area (TPSA) is 85.3 Å². The van der Waals surface area contributed by atoms with Gasteiger partial charge in [0, 0.05) is 15.6 Å². The largest absolute Gasteiger partial charge is 0.294 e. The summed E-state index contributed by atoms with van der Waals surface area (Å²) in [6.07, 6.45) is 0. The Morgan fingerprint density at radius 2 is 1.03 bits per heavy atom. The molecule has 5 nitrogen and oxygen atoms in total. The molecule has 0 heterocycles. The van der Waals surface area contributed by atoms with Gasteiger partial charge < -0.3 is 0 Å². The third-order valence-electron chi connectivity index (χ3n) is 4.62. The molecule has 3 aromatic carbocycles. The molecule has 0 bridgehead atoms. The first-order chi connectivity index (χ1) is 14.6. The summed E-state index contributed by atoms with van der Waals surface area (Å²) < 4.78 is 51.8. The van der Waals surface area contributed by atoms with Gasteiger partial charge in [0.05, 0.1) is 27.2 Å². The van der Waals surface area contributed by atoms with Gasteiger partial charge in [-0.1, -0.05) is 53.5 Å². The average molecular weight is 497 g/mol. The van der Waals surface area contributed by atoms with E-state index in [2.05, 4.69) is 0 Å². The molecule has 0 saturated heterocycles. The number of halogens is 2. The smallest absolute Gasteiger partial charge is 0.179 e. The van der Waals surface area contributed by atoms with Crippen molar-refractivity contribution >= 4 is 48.7 Å². The summed E-state index contributed by atoms with van der Waals surface area (Å²) in [6.45, 7) is 0. The number of carbonyl (C=O) groups excluding carboxylic acids is 1. The van der Waals surface area contributed by atoms with Crippen molar-refractivity contribution in [3.8, 4) is 0 Å². The summed E-state index contributed by atoms with van der Waals surface area (Å²) in [5, 5.41) is 0.724. The van der Waals surface area contributed by atoms with Gasteiger partial charge in [0.1, 0.15) is 0 Å². The number of hydrogen-bond donors (Lipinski definition) is 0. The van der Waals surface area contributed by atoms with Crippen LogP contribution in [0.15, 0.2) is 88.7 Å². The van der Waals surface area contributed by atoms with Gasteiger partial charge in [-0.2, -0.15) is 0 Å². The molecule has 162 valence electrons. The highest BCUT2D eigenvalue weighted by Crippen LogP contribution is 2.24. The quantitative estimate of drug-likeness (QED) is 0.420. The second kappa shape index (κ2) is 9.53. The Morgan fingerprint density at radius 1 is 0.645 bits per heavy atom. The summed E-state index contributed by atoms with van der Waals surface area (Å²) >= 11 is 11.7. The number of hydrogen-bond acceptors (Lipinski definition) is 5. The number of sulfone groups is 2. The van der Waals surface area contributed by atoms with Crippen LogP contribution in [0.4, 0.5) is 0 Å². The maximum atomic E-state index is 13.1. The van der Waals surface area contributed by atoms with Crippen LogP contribution in [-0.4, -0.2) is 34.1 Å². The molecular weight excluding hydrogens is 479 g/mol. The average Bonchev–Trinajstić information content (AvgIpc) is 2.73. The third-order valence-corrected chi connectivity index (χ3v) is 8.78. The molecule has 0 aliphatic rings. The van der Waals surface area contributed by atoms with Crippen molar-refractivity contribution in [3.63, 3.8) is 0 Å². The minimum atomic E-state index is -3.96. The van der Waals surface area contributed by atoms with E-state index >= 15 is 0 Å². The van der Waals surface area contributed by atoms with Gasteiger partial charge in [0.2, 0.25) is 0 Å². The lowest BCUT2D eigenvalue weighted by Crippen LogP contribution is -2.31.